The minimum absolute atomic E-state index is 0.175. The van der Waals surface area contributed by atoms with E-state index in [2.05, 4.69) is 6.07 Å². The van der Waals surface area contributed by atoms with Crippen molar-refractivity contribution in [3.8, 4) is 0 Å². The highest BCUT2D eigenvalue weighted by atomic mass is 32.1. The Morgan fingerprint density at radius 3 is 2.43 bits per heavy atom. The van der Waals surface area contributed by atoms with Gasteiger partial charge in [-0.15, -0.1) is 11.3 Å². The van der Waals surface area contributed by atoms with Crippen LogP contribution in [0.1, 0.15) is 51.4 Å². The maximum Gasteiger partial charge on any atom is 0.262 e. The molecule has 2 aromatic carbocycles. The highest BCUT2D eigenvalue weighted by Crippen LogP contribution is 2.33. The van der Waals surface area contributed by atoms with Crippen molar-refractivity contribution < 1.29 is 14.4 Å². The molecule has 0 radical (unpaired) electrons. The number of carbonyl (C=O) groups excluding carboxylic acids is 3. The highest BCUT2D eigenvalue weighted by molar-refractivity contribution is 7.18. The first-order chi connectivity index (χ1) is 14.5. The molecule has 152 valence electrons. The van der Waals surface area contributed by atoms with Crippen molar-refractivity contribution in [1.29, 1.82) is 0 Å². The Balaban J connectivity index is 1.34. The minimum Gasteiger partial charge on any atom is -0.340 e. The zero-order chi connectivity index (χ0) is 20.8. The minimum atomic E-state index is -0.827. The number of amides is 3. The van der Waals surface area contributed by atoms with Gasteiger partial charge in [0.05, 0.1) is 26.4 Å². The van der Waals surface area contributed by atoms with E-state index in [4.69, 9.17) is 4.98 Å². The largest absolute Gasteiger partial charge is 0.340 e. The summed E-state index contributed by atoms with van der Waals surface area (Å²) in [6, 6.07) is 14.0. The molecule has 0 saturated carbocycles. The van der Waals surface area contributed by atoms with Crippen LogP contribution >= 0.6 is 11.3 Å². The molecule has 30 heavy (non-hydrogen) atoms. The Morgan fingerprint density at radius 1 is 1.07 bits per heavy atom. The molecule has 2 atom stereocenters. The molecular weight excluding hydrogens is 398 g/mol. The number of piperidine rings is 1. The van der Waals surface area contributed by atoms with Crippen LogP contribution in [0.15, 0.2) is 48.5 Å². The molecule has 1 aromatic heterocycles. The van der Waals surface area contributed by atoms with Crippen LogP contribution in [0.4, 0.5) is 0 Å². The third-order valence-corrected chi connectivity index (χ3v) is 7.16. The number of para-hydroxylation sites is 1. The Morgan fingerprint density at radius 2 is 1.73 bits per heavy atom. The summed E-state index contributed by atoms with van der Waals surface area (Å²) in [6.07, 6.45) is 1.85. The molecule has 0 spiro atoms. The zero-order valence-electron chi connectivity index (χ0n) is 16.6. The molecule has 7 heteroatoms. The second kappa shape index (κ2) is 7.32. The number of likely N-dealkylation sites (tertiary alicyclic amines) is 1. The van der Waals surface area contributed by atoms with E-state index in [1.54, 1.807) is 47.4 Å². The fourth-order valence-electron chi connectivity index (χ4n) is 4.38. The Labute approximate surface area is 178 Å². The van der Waals surface area contributed by atoms with E-state index < -0.39 is 17.9 Å². The summed E-state index contributed by atoms with van der Waals surface area (Å²) in [6.45, 7) is 2.84. The molecular formula is C23H21N3O3S. The number of fused-ring (bicyclic) bond motifs is 2. The number of carbonyl (C=O) groups is 3. The molecule has 1 saturated heterocycles. The van der Waals surface area contributed by atoms with Gasteiger partial charge >= 0.3 is 0 Å². The summed E-state index contributed by atoms with van der Waals surface area (Å²) in [7, 11) is 0. The summed E-state index contributed by atoms with van der Waals surface area (Å²) in [5, 5.41) is 1.04. The summed E-state index contributed by atoms with van der Waals surface area (Å²) < 4.78 is 1.15. The molecule has 3 aromatic rings. The van der Waals surface area contributed by atoms with Crippen LogP contribution in [-0.4, -0.2) is 51.6 Å². The van der Waals surface area contributed by atoms with Crippen LogP contribution in [-0.2, 0) is 4.79 Å². The second-order valence-corrected chi connectivity index (χ2v) is 8.91. The number of benzene rings is 2. The van der Waals surface area contributed by atoms with Crippen LogP contribution in [0.3, 0.4) is 0 Å². The smallest absolute Gasteiger partial charge is 0.262 e. The lowest BCUT2D eigenvalue weighted by molar-refractivity contribution is -0.136. The van der Waals surface area contributed by atoms with Crippen molar-refractivity contribution in [1.82, 2.24) is 14.8 Å². The van der Waals surface area contributed by atoms with Gasteiger partial charge in [-0.25, -0.2) is 4.98 Å². The van der Waals surface area contributed by atoms with Crippen molar-refractivity contribution in [3.05, 3.63) is 64.7 Å². The molecule has 2 aliphatic heterocycles. The lowest BCUT2D eigenvalue weighted by Crippen LogP contribution is -2.51. The monoisotopic (exact) mass is 419 g/mol. The summed E-state index contributed by atoms with van der Waals surface area (Å²) in [5.74, 6) is -0.794. The van der Waals surface area contributed by atoms with Gasteiger partial charge < -0.3 is 4.90 Å². The van der Waals surface area contributed by atoms with E-state index in [1.165, 1.54) is 0 Å². The molecule has 0 N–H and O–H groups in total. The number of thiazole rings is 1. The molecule has 3 heterocycles. The number of imide groups is 1. The number of rotatable bonds is 3. The van der Waals surface area contributed by atoms with E-state index in [0.717, 1.165) is 33.0 Å². The predicted molar refractivity (Wildman–Crippen MR) is 115 cm³/mol. The van der Waals surface area contributed by atoms with Gasteiger partial charge in [-0.1, -0.05) is 24.3 Å². The van der Waals surface area contributed by atoms with E-state index in [1.807, 2.05) is 18.2 Å². The summed E-state index contributed by atoms with van der Waals surface area (Å²) >= 11 is 1.68. The van der Waals surface area contributed by atoms with Gasteiger partial charge in [0.2, 0.25) is 5.91 Å². The quantitative estimate of drug-likeness (QED) is 0.607. The van der Waals surface area contributed by atoms with Crippen LogP contribution in [0.2, 0.25) is 0 Å². The van der Waals surface area contributed by atoms with Gasteiger partial charge in [0, 0.05) is 19.0 Å². The van der Waals surface area contributed by atoms with Crippen molar-refractivity contribution >= 4 is 39.3 Å². The van der Waals surface area contributed by atoms with Crippen molar-refractivity contribution in [3.63, 3.8) is 0 Å². The van der Waals surface area contributed by atoms with E-state index in [-0.39, 0.29) is 11.8 Å². The predicted octanol–water partition coefficient (Wildman–Crippen LogP) is 3.69. The van der Waals surface area contributed by atoms with Gasteiger partial charge in [0.15, 0.2) is 0 Å². The molecule has 0 aliphatic carbocycles. The lowest BCUT2D eigenvalue weighted by atomic mass is 9.98. The maximum absolute atomic E-state index is 13.2. The summed E-state index contributed by atoms with van der Waals surface area (Å²) in [5.41, 5.74) is 1.72. The van der Waals surface area contributed by atoms with E-state index >= 15 is 0 Å². The SMILES string of the molecule is C[C@H](C(=O)N1CCC[C@H](c2nc3ccccc3s2)C1)N1C(=O)c2ccccc2C1=O. The summed E-state index contributed by atoms with van der Waals surface area (Å²) in [4.78, 5) is 46.4. The number of hydrogen-bond acceptors (Lipinski definition) is 5. The standard InChI is InChI=1S/C23H21N3O3S/c1-14(26-22(28)16-8-2-3-9-17(16)23(26)29)21(27)25-12-6-7-15(13-25)20-24-18-10-4-5-11-19(18)30-20/h2-5,8-11,14-15H,6-7,12-13H2,1H3/t14-,15+/m1/s1. The number of nitrogens with zero attached hydrogens (tertiary/aromatic N) is 3. The lowest BCUT2D eigenvalue weighted by Gasteiger charge is -2.35. The zero-order valence-corrected chi connectivity index (χ0v) is 17.4. The fraction of sp³-hybridized carbons (Fsp3) is 0.304. The van der Waals surface area contributed by atoms with Crippen LogP contribution in [0.25, 0.3) is 10.2 Å². The molecule has 0 unspecified atom stereocenters. The van der Waals surface area contributed by atoms with Gasteiger partial charge in [-0.3, -0.25) is 19.3 Å². The van der Waals surface area contributed by atoms with Crippen molar-refractivity contribution in [2.24, 2.45) is 0 Å². The Kier molecular flexibility index (Phi) is 4.62. The third kappa shape index (κ3) is 3.01. The first-order valence-corrected chi connectivity index (χ1v) is 11.0. The van der Waals surface area contributed by atoms with Crippen LogP contribution in [0.5, 0.6) is 0 Å². The average Bonchev–Trinajstić information content (AvgIpc) is 3.32. The van der Waals surface area contributed by atoms with E-state index in [9.17, 15) is 14.4 Å². The maximum atomic E-state index is 13.2. The Bertz CT molecular complexity index is 1100. The van der Waals surface area contributed by atoms with Crippen molar-refractivity contribution in [2.45, 2.75) is 31.7 Å². The fourth-order valence-corrected chi connectivity index (χ4v) is 5.47. The topological polar surface area (TPSA) is 70.6 Å². The highest BCUT2D eigenvalue weighted by Gasteiger charge is 2.42. The van der Waals surface area contributed by atoms with Gasteiger partial charge in [-0.05, 0) is 44.0 Å². The van der Waals surface area contributed by atoms with E-state index in [0.29, 0.717) is 24.2 Å². The Hall–Kier alpha value is -3.06. The van der Waals surface area contributed by atoms with Crippen molar-refractivity contribution in [2.75, 3.05) is 13.1 Å². The average molecular weight is 420 g/mol. The van der Waals surface area contributed by atoms with Gasteiger partial charge in [0.1, 0.15) is 6.04 Å². The van der Waals surface area contributed by atoms with Gasteiger partial charge in [-0.2, -0.15) is 0 Å². The number of aromatic nitrogens is 1. The molecule has 6 nitrogen and oxygen atoms in total. The third-order valence-electron chi connectivity index (χ3n) is 5.96. The first kappa shape index (κ1) is 18.9. The molecule has 2 aliphatic rings. The first-order valence-electron chi connectivity index (χ1n) is 10.2. The number of hydrogen-bond donors (Lipinski definition) is 0. The molecule has 1 fully saturated rings. The second-order valence-electron chi connectivity index (χ2n) is 7.85. The normalized spacial score (nSPS) is 20.0. The van der Waals surface area contributed by atoms with Crippen LogP contribution < -0.4 is 0 Å². The van der Waals surface area contributed by atoms with Crippen LogP contribution in [0, 0.1) is 0 Å². The van der Waals surface area contributed by atoms with Gasteiger partial charge in [0.25, 0.3) is 11.8 Å². The molecule has 0 bridgehead atoms. The molecule has 5 rings (SSSR count). The molecule has 3 amide bonds.